The standard InChI is InChI=1S/C11H6Br2ClFS/c12-6-1-2-8(15)7(5-6)11(14)9-3-4-10(13)16-9/h1-5,11H. The Kier molecular flexibility index (Phi) is 4.06. The average molecular weight is 384 g/mol. The molecule has 2 aromatic rings. The molecular formula is C11H6Br2ClFS. The summed E-state index contributed by atoms with van der Waals surface area (Å²) in [5, 5.41) is -0.450. The van der Waals surface area contributed by atoms with Crippen molar-refractivity contribution in [3.05, 3.63) is 54.8 Å². The lowest BCUT2D eigenvalue weighted by Gasteiger charge is -2.09. The van der Waals surface area contributed by atoms with Gasteiger partial charge in [-0.2, -0.15) is 0 Å². The van der Waals surface area contributed by atoms with Crippen molar-refractivity contribution in [2.45, 2.75) is 5.38 Å². The summed E-state index contributed by atoms with van der Waals surface area (Å²) in [6, 6.07) is 8.59. The summed E-state index contributed by atoms with van der Waals surface area (Å²) >= 11 is 14.4. The van der Waals surface area contributed by atoms with E-state index in [0.29, 0.717) is 5.56 Å². The average Bonchev–Trinajstić information content (AvgIpc) is 2.67. The van der Waals surface area contributed by atoms with Crippen LogP contribution in [0, 0.1) is 5.82 Å². The van der Waals surface area contributed by atoms with Gasteiger partial charge in [0.05, 0.1) is 9.16 Å². The number of halogens is 4. The van der Waals surface area contributed by atoms with E-state index in [2.05, 4.69) is 31.9 Å². The van der Waals surface area contributed by atoms with Gasteiger partial charge in [0.25, 0.3) is 0 Å². The fourth-order valence-electron chi connectivity index (χ4n) is 1.33. The summed E-state index contributed by atoms with van der Waals surface area (Å²) in [5.74, 6) is -0.285. The smallest absolute Gasteiger partial charge is 0.128 e. The van der Waals surface area contributed by atoms with Crippen molar-refractivity contribution >= 4 is 54.8 Å². The fraction of sp³-hybridized carbons (Fsp3) is 0.0909. The summed E-state index contributed by atoms with van der Waals surface area (Å²) in [4.78, 5) is 0.922. The first-order valence-electron chi connectivity index (χ1n) is 4.42. The highest BCUT2D eigenvalue weighted by molar-refractivity contribution is 9.11. The topological polar surface area (TPSA) is 0 Å². The number of hydrogen-bond acceptors (Lipinski definition) is 1. The maximum atomic E-state index is 13.6. The van der Waals surface area contributed by atoms with Gasteiger partial charge >= 0.3 is 0 Å². The Labute approximate surface area is 119 Å². The molecule has 0 aliphatic rings. The van der Waals surface area contributed by atoms with Crippen LogP contribution in [0.15, 0.2) is 38.6 Å². The Balaban J connectivity index is 2.40. The van der Waals surface area contributed by atoms with Crippen molar-refractivity contribution in [2.24, 2.45) is 0 Å². The van der Waals surface area contributed by atoms with Gasteiger partial charge in [-0.3, -0.25) is 0 Å². The second-order valence-electron chi connectivity index (χ2n) is 3.17. The van der Waals surface area contributed by atoms with E-state index < -0.39 is 5.38 Å². The number of alkyl halides is 1. The van der Waals surface area contributed by atoms with Gasteiger partial charge < -0.3 is 0 Å². The lowest BCUT2D eigenvalue weighted by molar-refractivity contribution is 0.612. The van der Waals surface area contributed by atoms with Gasteiger partial charge in [-0.05, 0) is 46.3 Å². The van der Waals surface area contributed by atoms with Gasteiger partial charge in [0.1, 0.15) is 5.82 Å². The molecule has 0 spiro atoms. The fourth-order valence-corrected chi connectivity index (χ4v) is 3.50. The first kappa shape index (κ1) is 12.6. The van der Waals surface area contributed by atoms with Crippen LogP contribution in [0.4, 0.5) is 4.39 Å². The quantitative estimate of drug-likeness (QED) is 0.579. The minimum absolute atomic E-state index is 0.285. The van der Waals surface area contributed by atoms with E-state index in [4.69, 9.17) is 11.6 Å². The third kappa shape index (κ3) is 2.67. The number of benzene rings is 1. The van der Waals surface area contributed by atoms with Crippen LogP contribution in [0.3, 0.4) is 0 Å². The third-order valence-corrected chi connectivity index (χ3v) is 4.86. The lowest BCUT2D eigenvalue weighted by atomic mass is 10.1. The van der Waals surface area contributed by atoms with Gasteiger partial charge in [-0.1, -0.05) is 15.9 Å². The molecule has 1 aromatic heterocycles. The lowest BCUT2D eigenvalue weighted by Crippen LogP contribution is -1.94. The SMILES string of the molecule is Fc1ccc(Br)cc1C(Cl)c1ccc(Br)s1. The Morgan fingerprint density at radius 3 is 2.56 bits per heavy atom. The molecule has 0 amide bonds. The number of thiophene rings is 1. The van der Waals surface area contributed by atoms with Gasteiger partial charge in [-0.25, -0.2) is 4.39 Å². The molecule has 1 aromatic carbocycles. The molecule has 1 atom stereocenters. The van der Waals surface area contributed by atoms with Gasteiger partial charge in [-0.15, -0.1) is 22.9 Å². The summed E-state index contributed by atoms with van der Waals surface area (Å²) < 4.78 is 15.4. The molecule has 0 radical (unpaired) electrons. The van der Waals surface area contributed by atoms with E-state index in [-0.39, 0.29) is 5.82 Å². The Bertz CT molecular complexity index is 512. The van der Waals surface area contributed by atoms with Crippen molar-refractivity contribution in [1.82, 2.24) is 0 Å². The predicted molar refractivity (Wildman–Crippen MR) is 73.8 cm³/mol. The van der Waals surface area contributed by atoms with Gasteiger partial charge in [0.2, 0.25) is 0 Å². The van der Waals surface area contributed by atoms with Crippen molar-refractivity contribution in [1.29, 1.82) is 0 Å². The highest BCUT2D eigenvalue weighted by atomic mass is 79.9. The van der Waals surface area contributed by atoms with Crippen molar-refractivity contribution < 1.29 is 4.39 Å². The highest BCUT2D eigenvalue weighted by Crippen LogP contribution is 2.37. The van der Waals surface area contributed by atoms with Crippen LogP contribution in [0.1, 0.15) is 15.8 Å². The van der Waals surface area contributed by atoms with E-state index >= 15 is 0 Å². The molecule has 2 rings (SSSR count). The number of rotatable bonds is 2. The Morgan fingerprint density at radius 1 is 1.19 bits per heavy atom. The summed E-state index contributed by atoms with van der Waals surface area (Å²) in [6.45, 7) is 0. The Hall–Kier alpha value is 0.1000. The molecule has 0 saturated carbocycles. The monoisotopic (exact) mass is 382 g/mol. The maximum Gasteiger partial charge on any atom is 0.128 e. The molecule has 84 valence electrons. The zero-order chi connectivity index (χ0) is 11.7. The Morgan fingerprint density at radius 2 is 1.94 bits per heavy atom. The predicted octanol–water partition coefficient (Wildman–Crippen LogP) is 5.74. The molecule has 0 aliphatic heterocycles. The molecule has 5 heteroatoms. The maximum absolute atomic E-state index is 13.6. The van der Waals surface area contributed by atoms with E-state index in [9.17, 15) is 4.39 Å². The molecule has 0 saturated heterocycles. The van der Waals surface area contributed by atoms with Gasteiger partial charge in [0, 0.05) is 14.9 Å². The highest BCUT2D eigenvalue weighted by Gasteiger charge is 2.17. The molecule has 16 heavy (non-hydrogen) atoms. The molecule has 0 nitrogen and oxygen atoms in total. The number of hydrogen-bond donors (Lipinski definition) is 0. The zero-order valence-corrected chi connectivity index (χ0v) is 12.6. The molecule has 1 unspecified atom stereocenters. The molecule has 0 bridgehead atoms. The minimum Gasteiger partial charge on any atom is -0.207 e. The van der Waals surface area contributed by atoms with Crippen LogP contribution in [0.5, 0.6) is 0 Å². The first-order chi connectivity index (χ1) is 7.58. The van der Waals surface area contributed by atoms with Crippen molar-refractivity contribution in [2.75, 3.05) is 0 Å². The third-order valence-electron chi connectivity index (χ3n) is 2.07. The minimum atomic E-state index is -0.450. The van der Waals surface area contributed by atoms with E-state index in [1.807, 2.05) is 12.1 Å². The van der Waals surface area contributed by atoms with Crippen molar-refractivity contribution in [3.63, 3.8) is 0 Å². The van der Waals surface area contributed by atoms with E-state index in [1.54, 1.807) is 12.1 Å². The van der Waals surface area contributed by atoms with E-state index in [0.717, 1.165) is 13.1 Å². The van der Waals surface area contributed by atoms with Crippen LogP contribution in [0.25, 0.3) is 0 Å². The van der Waals surface area contributed by atoms with Crippen LogP contribution in [0.2, 0.25) is 0 Å². The summed E-state index contributed by atoms with van der Waals surface area (Å²) in [5.41, 5.74) is 0.491. The molecule has 1 heterocycles. The molecular weight excluding hydrogens is 378 g/mol. The van der Waals surface area contributed by atoms with Crippen molar-refractivity contribution in [3.8, 4) is 0 Å². The first-order valence-corrected chi connectivity index (χ1v) is 7.26. The van der Waals surface area contributed by atoms with E-state index in [1.165, 1.54) is 17.4 Å². The van der Waals surface area contributed by atoms with Crippen LogP contribution in [-0.2, 0) is 0 Å². The normalized spacial score (nSPS) is 12.8. The summed E-state index contributed by atoms with van der Waals surface area (Å²) in [6.07, 6.45) is 0. The summed E-state index contributed by atoms with van der Waals surface area (Å²) in [7, 11) is 0. The molecule has 0 N–H and O–H groups in total. The van der Waals surface area contributed by atoms with Crippen LogP contribution < -0.4 is 0 Å². The molecule has 0 fully saturated rings. The largest absolute Gasteiger partial charge is 0.207 e. The van der Waals surface area contributed by atoms with Crippen LogP contribution in [-0.4, -0.2) is 0 Å². The zero-order valence-electron chi connectivity index (χ0n) is 7.88. The molecule has 0 aliphatic carbocycles. The van der Waals surface area contributed by atoms with Gasteiger partial charge in [0.15, 0.2) is 0 Å². The second kappa shape index (κ2) is 5.17. The van der Waals surface area contributed by atoms with Crippen LogP contribution >= 0.6 is 54.8 Å². The second-order valence-corrected chi connectivity index (χ2v) is 7.02.